The SMILES string of the molecule is CN(C)c1ccc(C([S-])(C[P+](C)(c2ccccc2)c2ccccc2)c2ccc(N(C)C)cc2)cc1. The Kier molecular flexibility index (Phi) is 7.59. The zero-order valence-corrected chi connectivity index (χ0v) is 23.1. The van der Waals surface area contributed by atoms with Crippen LogP contribution in [0.5, 0.6) is 0 Å². The van der Waals surface area contributed by atoms with E-state index in [1.807, 2.05) is 0 Å². The minimum atomic E-state index is -1.81. The van der Waals surface area contributed by atoms with Crippen molar-refractivity contribution in [2.24, 2.45) is 0 Å². The van der Waals surface area contributed by atoms with Crippen molar-refractivity contribution >= 4 is 41.9 Å². The Bertz CT molecular complexity index is 1130. The van der Waals surface area contributed by atoms with Crippen molar-refractivity contribution in [1.82, 2.24) is 0 Å². The van der Waals surface area contributed by atoms with Crippen LogP contribution in [0.25, 0.3) is 0 Å². The number of rotatable bonds is 8. The Morgan fingerprint density at radius 3 is 1.23 bits per heavy atom. The van der Waals surface area contributed by atoms with Crippen molar-refractivity contribution in [3.05, 3.63) is 120 Å². The van der Waals surface area contributed by atoms with Crippen LogP contribution in [0.3, 0.4) is 0 Å². The maximum Gasteiger partial charge on any atom is 0.0988 e. The first-order chi connectivity index (χ1) is 16.7. The molecule has 0 aliphatic heterocycles. The van der Waals surface area contributed by atoms with Gasteiger partial charge in [0.25, 0.3) is 0 Å². The minimum absolute atomic E-state index is 0.566. The molecule has 0 bridgehead atoms. The third kappa shape index (κ3) is 5.27. The summed E-state index contributed by atoms with van der Waals surface area (Å²) in [6, 6.07) is 39.6. The third-order valence-corrected chi connectivity index (χ3v) is 11.7. The summed E-state index contributed by atoms with van der Waals surface area (Å²) in [5, 5.41) is 2.77. The van der Waals surface area contributed by atoms with E-state index < -0.39 is 12.0 Å². The maximum absolute atomic E-state index is 6.70. The molecule has 0 unspecified atom stereocenters. The second kappa shape index (κ2) is 10.5. The summed E-state index contributed by atoms with van der Waals surface area (Å²) in [4.78, 5) is 4.26. The molecule has 0 saturated heterocycles. The summed E-state index contributed by atoms with van der Waals surface area (Å²) in [5.74, 6) is 0. The monoisotopic (exact) mass is 498 g/mol. The van der Waals surface area contributed by atoms with Gasteiger partial charge in [-0.1, -0.05) is 76.5 Å². The van der Waals surface area contributed by atoms with Crippen LogP contribution in [0, 0.1) is 0 Å². The van der Waals surface area contributed by atoms with E-state index >= 15 is 0 Å². The molecule has 0 saturated carbocycles. The largest absolute Gasteiger partial charge is 0.773 e. The summed E-state index contributed by atoms with van der Waals surface area (Å²) in [7, 11) is 6.48. The van der Waals surface area contributed by atoms with Crippen LogP contribution in [0.15, 0.2) is 109 Å². The molecule has 0 atom stereocenters. The van der Waals surface area contributed by atoms with Crippen molar-refractivity contribution < 1.29 is 0 Å². The Morgan fingerprint density at radius 1 is 0.571 bits per heavy atom. The molecule has 0 aliphatic carbocycles. The van der Waals surface area contributed by atoms with E-state index in [2.05, 4.69) is 154 Å². The molecule has 0 N–H and O–H groups in total. The van der Waals surface area contributed by atoms with Gasteiger partial charge in [-0.2, -0.15) is 0 Å². The van der Waals surface area contributed by atoms with Gasteiger partial charge in [-0.15, -0.1) is 0 Å². The van der Waals surface area contributed by atoms with Crippen LogP contribution >= 0.6 is 7.26 Å². The Hall–Kier alpha value is -2.74. The summed E-state index contributed by atoms with van der Waals surface area (Å²) in [6.45, 7) is 2.45. The van der Waals surface area contributed by atoms with E-state index in [1.54, 1.807) is 0 Å². The second-order valence-corrected chi connectivity index (χ2v) is 14.2. The van der Waals surface area contributed by atoms with Crippen LogP contribution in [0.1, 0.15) is 11.1 Å². The van der Waals surface area contributed by atoms with E-state index in [0.717, 1.165) is 6.16 Å². The van der Waals surface area contributed by atoms with Gasteiger partial charge in [0, 0.05) is 39.6 Å². The number of nitrogens with zero attached hydrogens (tertiary/aromatic N) is 2. The van der Waals surface area contributed by atoms with Crippen molar-refractivity contribution in [2.45, 2.75) is 4.75 Å². The van der Waals surface area contributed by atoms with Crippen LogP contribution in [-0.2, 0) is 17.4 Å². The van der Waals surface area contributed by atoms with Gasteiger partial charge in [0.2, 0.25) is 0 Å². The molecule has 4 heteroatoms. The van der Waals surface area contributed by atoms with Crippen molar-refractivity contribution in [2.75, 3.05) is 50.8 Å². The highest BCUT2D eigenvalue weighted by atomic mass is 32.1. The molecule has 0 fully saturated rings. The maximum atomic E-state index is 6.70. The average Bonchev–Trinajstić information content (AvgIpc) is 2.89. The van der Waals surface area contributed by atoms with Crippen LogP contribution in [0.2, 0.25) is 0 Å². The number of anilines is 2. The number of benzene rings is 4. The fourth-order valence-electron chi connectivity index (χ4n) is 4.70. The molecule has 0 amide bonds. The summed E-state index contributed by atoms with van der Waals surface area (Å²) >= 11 is 6.70. The summed E-state index contributed by atoms with van der Waals surface area (Å²) in [5.41, 5.74) is 4.71. The zero-order valence-electron chi connectivity index (χ0n) is 21.3. The highest BCUT2D eigenvalue weighted by molar-refractivity contribution is 7.89. The number of hydrogen-bond donors (Lipinski definition) is 0. The van der Waals surface area contributed by atoms with Gasteiger partial charge in [0.1, 0.15) is 0 Å². The zero-order chi connectivity index (χ0) is 25.1. The Morgan fingerprint density at radius 2 is 0.914 bits per heavy atom. The first kappa shape index (κ1) is 25.4. The molecule has 2 nitrogen and oxygen atoms in total. The lowest BCUT2D eigenvalue weighted by Gasteiger charge is -2.45. The normalized spacial score (nSPS) is 11.8. The van der Waals surface area contributed by atoms with Crippen molar-refractivity contribution in [3.8, 4) is 0 Å². The quantitative estimate of drug-likeness (QED) is 0.220. The molecular formula is C31H35N2PS. The van der Waals surface area contributed by atoms with Crippen LogP contribution < -0.4 is 20.4 Å². The molecule has 35 heavy (non-hydrogen) atoms. The van der Waals surface area contributed by atoms with Gasteiger partial charge in [-0.3, -0.25) is 0 Å². The fraction of sp³-hybridized carbons (Fsp3) is 0.226. The van der Waals surface area contributed by atoms with Crippen LogP contribution in [0.4, 0.5) is 11.4 Å². The predicted molar refractivity (Wildman–Crippen MR) is 160 cm³/mol. The van der Waals surface area contributed by atoms with Gasteiger partial charge in [0.15, 0.2) is 0 Å². The Labute approximate surface area is 217 Å². The van der Waals surface area contributed by atoms with E-state index in [4.69, 9.17) is 12.6 Å². The number of hydrogen-bond acceptors (Lipinski definition) is 3. The summed E-state index contributed by atoms with van der Waals surface area (Å²) in [6.07, 6.45) is 0.867. The van der Waals surface area contributed by atoms with Gasteiger partial charge >= 0.3 is 0 Å². The minimum Gasteiger partial charge on any atom is -0.773 e. The van der Waals surface area contributed by atoms with E-state index in [-0.39, 0.29) is 0 Å². The molecule has 0 aromatic heterocycles. The highest BCUT2D eigenvalue weighted by Crippen LogP contribution is 2.58. The van der Waals surface area contributed by atoms with Gasteiger partial charge in [-0.05, 0) is 48.5 Å². The van der Waals surface area contributed by atoms with E-state index in [0.29, 0.717) is 0 Å². The van der Waals surface area contributed by atoms with E-state index in [9.17, 15) is 0 Å². The molecule has 0 radical (unpaired) electrons. The standard InChI is InChI=1S/C31H35N2PS/c1-32(2)27-20-16-25(17-21-27)31(35,26-18-22-28(23-19-26)33(3)4)24-34(5,29-12-8-6-9-13-29)30-14-10-7-11-15-30/h6-23H,24H2,1-5H3. The molecule has 0 aliphatic rings. The molecule has 4 rings (SSSR count). The van der Waals surface area contributed by atoms with Crippen LogP contribution in [-0.4, -0.2) is 41.0 Å². The van der Waals surface area contributed by atoms with Gasteiger partial charge in [0.05, 0.1) is 30.7 Å². The molecular weight excluding hydrogens is 463 g/mol. The molecule has 180 valence electrons. The molecule has 0 heterocycles. The molecule has 0 spiro atoms. The van der Waals surface area contributed by atoms with E-state index in [1.165, 1.54) is 33.1 Å². The lowest BCUT2D eigenvalue weighted by atomic mass is 9.91. The molecule has 4 aromatic carbocycles. The average molecular weight is 499 g/mol. The fourth-order valence-corrected chi connectivity index (χ4v) is 9.32. The van der Waals surface area contributed by atoms with Gasteiger partial charge < -0.3 is 22.4 Å². The lowest BCUT2D eigenvalue weighted by Crippen LogP contribution is -2.37. The summed E-state index contributed by atoms with van der Waals surface area (Å²) < 4.78 is -0.566. The first-order valence-corrected chi connectivity index (χ1v) is 14.8. The first-order valence-electron chi connectivity index (χ1n) is 12.0. The topological polar surface area (TPSA) is 6.48 Å². The van der Waals surface area contributed by atoms with Crippen molar-refractivity contribution in [1.29, 1.82) is 0 Å². The Balaban J connectivity index is 1.89. The lowest BCUT2D eigenvalue weighted by molar-refractivity contribution is 0.851. The highest BCUT2D eigenvalue weighted by Gasteiger charge is 2.42. The predicted octanol–water partition coefficient (Wildman–Crippen LogP) is 5.91. The third-order valence-electron chi connectivity index (χ3n) is 6.89. The molecule has 4 aromatic rings. The van der Waals surface area contributed by atoms with Gasteiger partial charge in [-0.25, -0.2) is 0 Å². The van der Waals surface area contributed by atoms with Crippen molar-refractivity contribution in [3.63, 3.8) is 0 Å². The smallest absolute Gasteiger partial charge is 0.0988 e. The second-order valence-electron chi connectivity index (χ2n) is 9.73.